The van der Waals surface area contributed by atoms with E-state index in [1.165, 1.54) is 24.4 Å². The summed E-state index contributed by atoms with van der Waals surface area (Å²) in [5, 5.41) is 2.85. The summed E-state index contributed by atoms with van der Waals surface area (Å²) >= 11 is 6.88. The molecule has 3 aromatic rings. The number of nitrogens with one attached hydrogen (secondary N) is 2. The standard InChI is InChI=1S/C12H9ClFN5O2S/c1-22-12-17-8-6(11(20)18-9(13)7(8)14)10(19-12)16-3-5-2-15-4-21-5/h2,4H,3H2,1H3,(H,18,20)(H,16,17,19). The fourth-order valence-corrected chi connectivity index (χ4v) is 2.40. The minimum absolute atomic E-state index is 0.000727. The maximum absolute atomic E-state index is 14.1. The SMILES string of the molecule is CSc1nc(NCc2cnco2)c2c(=O)[nH]c(Cl)c(F)c2n1. The molecule has 0 spiro atoms. The molecule has 22 heavy (non-hydrogen) atoms. The first kappa shape index (κ1) is 14.8. The summed E-state index contributed by atoms with van der Waals surface area (Å²) in [6, 6.07) is 0. The highest BCUT2D eigenvalue weighted by molar-refractivity contribution is 7.98. The molecule has 0 fully saturated rings. The van der Waals surface area contributed by atoms with Crippen molar-refractivity contribution in [2.24, 2.45) is 0 Å². The third-order valence-electron chi connectivity index (χ3n) is 2.84. The second-order valence-electron chi connectivity index (χ2n) is 4.19. The lowest BCUT2D eigenvalue weighted by Crippen LogP contribution is -2.14. The van der Waals surface area contributed by atoms with E-state index in [2.05, 4.69) is 25.3 Å². The zero-order chi connectivity index (χ0) is 15.7. The largest absolute Gasteiger partial charge is 0.447 e. The maximum Gasteiger partial charge on any atom is 0.262 e. The molecule has 0 aliphatic rings. The van der Waals surface area contributed by atoms with Gasteiger partial charge < -0.3 is 14.7 Å². The number of nitrogens with zero attached hydrogens (tertiary/aromatic N) is 3. The highest BCUT2D eigenvalue weighted by Gasteiger charge is 2.17. The van der Waals surface area contributed by atoms with Crippen LogP contribution in [0.25, 0.3) is 10.9 Å². The van der Waals surface area contributed by atoms with E-state index >= 15 is 0 Å². The quantitative estimate of drug-likeness (QED) is 0.427. The fourth-order valence-electron chi connectivity index (χ4n) is 1.85. The van der Waals surface area contributed by atoms with Crippen molar-refractivity contribution in [1.82, 2.24) is 19.9 Å². The Labute approximate surface area is 132 Å². The normalized spacial score (nSPS) is 11.0. The number of halogens is 2. The molecule has 0 aliphatic heterocycles. The Morgan fingerprint density at radius 1 is 1.50 bits per heavy atom. The van der Waals surface area contributed by atoms with Gasteiger partial charge in [0.25, 0.3) is 5.56 Å². The van der Waals surface area contributed by atoms with Crippen molar-refractivity contribution >= 4 is 40.1 Å². The average molecular weight is 342 g/mol. The number of thioether (sulfide) groups is 1. The number of fused-ring (bicyclic) bond motifs is 1. The topological polar surface area (TPSA) is 96.7 Å². The fraction of sp³-hybridized carbons (Fsp3) is 0.167. The molecule has 0 saturated heterocycles. The summed E-state index contributed by atoms with van der Waals surface area (Å²) in [5.41, 5.74) is -0.706. The summed E-state index contributed by atoms with van der Waals surface area (Å²) in [7, 11) is 0. The minimum Gasteiger partial charge on any atom is -0.447 e. The van der Waals surface area contributed by atoms with Crippen LogP contribution in [-0.2, 0) is 6.54 Å². The molecule has 3 rings (SSSR count). The van der Waals surface area contributed by atoms with Crippen molar-refractivity contribution in [1.29, 1.82) is 0 Å². The van der Waals surface area contributed by atoms with E-state index in [9.17, 15) is 9.18 Å². The maximum atomic E-state index is 14.1. The Hall–Kier alpha value is -2.13. The molecular weight excluding hydrogens is 333 g/mol. The first-order valence-corrected chi connectivity index (χ1v) is 7.64. The zero-order valence-corrected chi connectivity index (χ0v) is 12.8. The van der Waals surface area contributed by atoms with E-state index in [1.54, 1.807) is 6.26 Å². The Balaban J connectivity index is 2.15. The predicted molar refractivity (Wildman–Crippen MR) is 80.7 cm³/mol. The molecule has 0 radical (unpaired) electrons. The van der Waals surface area contributed by atoms with Crippen LogP contribution in [0.2, 0.25) is 5.15 Å². The van der Waals surface area contributed by atoms with Crippen LogP contribution in [0.15, 0.2) is 27.0 Å². The molecule has 0 aromatic carbocycles. The molecule has 7 nitrogen and oxygen atoms in total. The number of H-pyrrole nitrogens is 1. The minimum atomic E-state index is -0.795. The van der Waals surface area contributed by atoms with E-state index in [-0.39, 0.29) is 28.4 Å². The predicted octanol–water partition coefficient (Wildman–Crippen LogP) is 2.43. The van der Waals surface area contributed by atoms with Gasteiger partial charge in [-0.3, -0.25) is 4.79 Å². The molecular formula is C12H9ClFN5O2S. The smallest absolute Gasteiger partial charge is 0.262 e. The Bertz CT molecular complexity index is 883. The van der Waals surface area contributed by atoms with Crippen LogP contribution in [0.4, 0.5) is 10.2 Å². The molecule has 0 aliphatic carbocycles. The van der Waals surface area contributed by atoms with Gasteiger partial charge in [-0.05, 0) is 6.26 Å². The van der Waals surface area contributed by atoms with Crippen LogP contribution in [0.5, 0.6) is 0 Å². The van der Waals surface area contributed by atoms with E-state index < -0.39 is 11.4 Å². The number of anilines is 1. The van der Waals surface area contributed by atoms with Crippen molar-refractivity contribution in [2.75, 3.05) is 11.6 Å². The van der Waals surface area contributed by atoms with Crippen molar-refractivity contribution < 1.29 is 8.81 Å². The Morgan fingerprint density at radius 2 is 2.32 bits per heavy atom. The molecule has 0 saturated carbocycles. The molecule has 0 atom stereocenters. The van der Waals surface area contributed by atoms with Gasteiger partial charge >= 0.3 is 0 Å². The number of pyridine rings is 1. The third-order valence-corrected chi connectivity index (χ3v) is 3.64. The number of aromatic nitrogens is 4. The number of hydrogen-bond acceptors (Lipinski definition) is 7. The van der Waals surface area contributed by atoms with Crippen molar-refractivity contribution in [3.63, 3.8) is 0 Å². The van der Waals surface area contributed by atoms with Gasteiger partial charge in [-0.25, -0.2) is 19.3 Å². The van der Waals surface area contributed by atoms with Gasteiger partial charge in [0.1, 0.15) is 27.6 Å². The first-order chi connectivity index (χ1) is 10.6. The van der Waals surface area contributed by atoms with Gasteiger partial charge in [0.2, 0.25) is 0 Å². The van der Waals surface area contributed by atoms with Gasteiger partial charge in [0.15, 0.2) is 17.4 Å². The molecule has 3 aromatic heterocycles. The highest BCUT2D eigenvalue weighted by Crippen LogP contribution is 2.25. The van der Waals surface area contributed by atoms with Crippen molar-refractivity contribution in [3.8, 4) is 0 Å². The zero-order valence-electron chi connectivity index (χ0n) is 11.2. The Morgan fingerprint density at radius 3 is 3.00 bits per heavy atom. The number of hydrogen-bond donors (Lipinski definition) is 2. The molecule has 0 unspecified atom stereocenters. The van der Waals surface area contributed by atoms with Crippen LogP contribution in [0.3, 0.4) is 0 Å². The van der Waals surface area contributed by atoms with Crippen LogP contribution < -0.4 is 10.9 Å². The van der Waals surface area contributed by atoms with Crippen LogP contribution in [0.1, 0.15) is 5.76 Å². The van der Waals surface area contributed by atoms with E-state index in [4.69, 9.17) is 16.0 Å². The van der Waals surface area contributed by atoms with Gasteiger partial charge in [-0.1, -0.05) is 23.4 Å². The van der Waals surface area contributed by atoms with Gasteiger partial charge in [0.05, 0.1) is 12.7 Å². The summed E-state index contributed by atoms with van der Waals surface area (Å²) < 4.78 is 19.2. The number of oxazole rings is 1. The van der Waals surface area contributed by atoms with Gasteiger partial charge in [-0.2, -0.15) is 0 Å². The van der Waals surface area contributed by atoms with Gasteiger partial charge in [-0.15, -0.1) is 0 Å². The van der Waals surface area contributed by atoms with E-state index in [0.717, 1.165) is 0 Å². The lowest BCUT2D eigenvalue weighted by Gasteiger charge is -2.09. The Kier molecular flexibility index (Phi) is 3.99. The summed E-state index contributed by atoms with van der Waals surface area (Å²) in [5.74, 6) is -0.0532. The molecule has 0 bridgehead atoms. The number of rotatable bonds is 4. The van der Waals surface area contributed by atoms with Crippen LogP contribution >= 0.6 is 23.4 Å². The lowest BCUT2D eigenvalue weighted by atomic mass is 10.3. The molecule has 114 valence electrons. The van der Waals surface area contributed by atoms with E-state index in [1.807, 2.05) is 0 Å². The van der Waals surface area contributed by atoms with Gasteiger partial charge in [0, 0.05) is 0 Å². The monoisotopic (exact) mass is 341 g/mol. The second-order valence-corrected chi connectivity index (χ2v) is 5.34. The van der Waals surface area contributed by atoms with E-state index in [0.29, 0.717) is 10.9 Å². The molecule has 10 heteroatoms. The second kappa shape index (κ2) is 5.93. The summed E-state index contributed by atoms with van der Waals surface area (Å²) in [4.78, 5) is 26.3. The van der Waals surface area contributed by atoms with Crippen LogP contribution in [-0.4, -0.2) is 26.2 Å². The summed E-state index contributed by atoms with van der Waals surface area (Å²) in [6.07, 6.45) is 4.55. The van der Waals surface area contributed by atoms with Crippen molar-refractivity contribution in [3.05, 3.63) is 39.7 Å². The third kappa shape index (κ3) is 2.64. The summed E-state index contributed by atoms with van der Waals surface area (Å²) in [6.45, 7) is 0.240. The van der Waals surface area contributed by atoms with Crippen molar-refractivity contribution in [2.45, 2.75) is 11.7 Å². The highest BCUT2D eigenvalue weighted by atomic mass is 35.5. The molecule has 0 amide bonds. The molecule has 3 heterocycles. The lowest BCUT2D eigenvalue weighted by molar-refractivity contribution is 0.511. The van der Waals surface area contributed by atoms with Crippen LogP contribution in [0, 0.1) is 5.82 Å². The average Bonchev–Trinajstić information content (AvgIpc) is 3.03. The number of aromatic amines is 1. The first-order valence-electron chi connectivity index (χ1n) is 6.04. The molecule has 2 N–H and O–H groups in total.